The van der Waals surface area contributed by atoms with Crippen LogP contribution in [0.1, 0.15) is 17.0 Å². The van der Waals surface area contributed by atoms with Gasteiger partial charge in [-0.05, 0) is 36.2 Å². The molecule has 0 atom stereocenters. The van der Waals surface area contributed by atoms with Crippen LogP contribution in [0, 0.1) is 0 Å². The van der Waals surface area contributed by atoms with E-state index in [1.54, 1.807) is 24.7 Å². The Balaban J connectivity index is 1.22. The summed E-state index contributed by atoms with van der Waals surface area (Å²) in [6, 6.07) is 11.7. The van der Waals surface area contributed by atoms with Crippen LogP contribution in [0.3, 0.4) is 0 Å². The van der Waals surface area contributed by atoms with Crippen molar-refractivity contribution in [1.29, 1.82) is 0 Å². The predicted octanol–water partition coefficient (Wildman–Crippen LogP) is 3.69. The number of hydrogen-bond donors (Lipinski definition) is 0. The van der Waals surface area contributed by atoms with E-state index in [0.29, 0.717) is 6.42 Å². The Kier molecular flexibility index (Phi) is 6.27. The average Bonchev–Trinajstić information content (AvgIpc) is 3.45. The van der Waals surface area contributed by atoms with Crippen molar-refractivity contribution in [3.63, 3.8) is 0 Å². The van der Waals surface area contributed by atoms with Gasteiger partial charge in [0.1, 0.15) is 16.5 Å². The first-order valence-corrected chi connectivity index (χ1v) is 10.7. The number of rotatable bonds is 7. The lowest BCUT2D eigenvalue weighted by Crippen LogP contribution is -2.48. The molecular formula is C22H25N3O3S. The number of aromatic nitrogens is 1. The molecule has 1 saturated heterocycles. The van der Waals surface area contributed by atoms with E-state index in [0.717, 1.165) is 66.9 Å². The van der Waals surface area contributed by atoms with Gasteiger partial charge in [0.25, 0.3) is 0 Å². The summed E-state index contributed by atoms with van der Waals surface area (Å²) in [5.41, 5.74) is 2.05. The van der Waals surface area contributed by atoms with Gasteiger partial charge < -0.3 is 14.1 Å². The van der Waals surface area contributed by atoms with Gasteiger partial charge >= 0.3 is 0 Å². The lowest BCUT2D eigenvalue weighted by Gasteiger charge is -2.34. The Bertz CT molecular complexity index is 913. The van der Waals surface area contributed by atoms with Gasteiger partial charge in [-0.25, -0.2) is 4.98 Å². The maximum absolute atomic E-state index is 12.6. The quantitative estimate of drug-likeness (QED) is 0.593. The van der Waals surface area contributed by atoms with Gasteiger partial charge in [-0.3, -0.25) is 9.69 Å². The molecule has 1 aromatic carbocycles. The molecule has 0 unspecified atom stereocenters. The van der Waals surface area contributed by atoms with Crippen molar-refractivity contribution in [2.45, 2.75) is 19.4 Å². The first kappa shape index (κ1) is 19.7. The summed E-state index contributed by atoms with van der Waals surface area (Å²) in [5.74, 6) is 1.88. The molecule has 2 aromatic heterocycles. The van der Waals surface area contributed by atoms with Crippen LogP contribution in [0.4, 0.5) is 0 Å². The van der Waals surface area contributed by atoms with Crippen LogP contribution in [-0.2, 0) is 17.8 Å². The van der Waals surface area contributed by atoms with E-state index in [1.165, 1.54) is 0 Å². The average molecular weight is 412 g/mol. The second-order valence-electron chi connectivity index (χ2n) is 7.11. The third-order valence-electron chi connectivity index (χ3n) is 5.20. The standard InChI is InChI=1S/C22H25N3O3S/c1-27-18-7-4-17(5-8-18)6-9-22(26)25-12-10-24(11-13-25)15-21-23-19(16-29-21)20-3-2-14-28-20/h2-5,7-8,14,16H,6,9-13,15H2,1H3. The van der Waals surface area contributed by atoms with Crippen molar-refractivity contribution >= 4 is 17.2 Å². The first-order chi connectivity index (χ1) is 14.2. The molecule has 152 valence electrons. The molecule has 0 N–H and O–H groups in total. The maximum Gasteiger partial charge on any atom is 0.222 e. The molecule has 3 aromatic rings. The van der Waals surface area contributed by atoms with E-state index < -0.39 is 0 Å². The predicted molar refractivity (Wildman–Crippen MR) is 113 cm³/mol. The van der Waals surface area contributed by atoms with E-state index >= 15 is 0 Å². The molecule has 6 nitrogen and oxygen atoms in total. The van der Waals surface area contributed by atoms with Crippen molar-refractivity contribution < 1.29 is 13.9 Å². The van der Waals surface area contributed by atoms with Crippen LogP contribution in [-0.4, -0.2) is 54.0 Å². The fourth-order valence-electron chi connectivity index (χ4n) is 3.47. The molecule has 0 spiro atoms. The summed E-state index contributed by atoms with van der Waals surface area (Å²) < 4.78 is 10.6. The summed E-state index contributed by atoms with van der Waals surface area (Å²) in [4.78, 5) is 21.6. The van der Waals surface area contributed by atoms with Crippen LogP contribution < -0.4 is 4.74 Å². The number of hydrogen-bond acceptors (Lipinski definition) is 6. The highest BCUT2D eigenvalue weighted by molar-refractivity contribution is 7.09. The van der Waals surface area contributed by atoms with Crippen LogP contribution in [0.2, 0.25) is 0 Å². The second kappa shape index (κ2) is 9.24. The fourth-order valence-corrected chi connectivity index (χ4v) is 4.29. The molecule has 7 heteroatoms. The summed E-state index contributed by atoms with van der Waals surface area (Å²) in [6.07, 6.45) is 2.97. The Hall–Kier alpha value is -2.64. The summed E-state index contributed by atoms with van der Waals surface area (Å²) in [6.45, 7) is 4.13. The third kappa shape index (κ3) is 5.05. The van der Waals surface area contributed by atoms with Gasteiger partial charge in [0.2, 0.25) is 5.91 Å². The highest BCUT2D eigenvalue weighted by atomic mass is 32.1. The lowest BCUT2D eigenvalue weighted by atomic mass is 10.1. The van der Waals surface area contributed by atoms with E-state index in [9.17, 15) is 4.79 Å². The van der Waals surface area contributed by atoms with Crippen molar-refractivity contribution in [2.75, 3.05) is 33.3 Å². The van der Waals surface area contributed by atoms with Gasteiger partial charge in [-0.1, -0.05) is 12.1 Å². The van der Waals surface area contributed by atoms with Crippen molar-refractivity contribution in [3.8, 4) is 17.2 Å². The summed E-state index contributed by atoms with van der Waals surface area (Å²) in [7, 11) is 1.66. The Morgan fingerprint density at radius 1 is 1.17 bits per heavy atom. The van der Waals surface area contributed by atoms with Gasteiger partial charge in [0.05, 0.1) is 19.9 Å². The zero-order chi connectivity index (χ0) is 20.1. The normalized spacial score (nSPS) is 14.9. The van der Waals surface area contributed by atoms with E-state index in [4.69, 9.17) is 9.15 Å². The van der Waals surface area contributed by atoms with E-state index in [2.05, 4.69) is 9.88 Å². The maximum atomic E-state index is 12.6. The molecule has 1 aliphatic rings. The monoisotopic (exact) mass is 411 g/mol. The van der Waals surface area contributed by atoms with E-state index in [-0.39, 0.29) is 5.91 Å². The number of benzene rings is 1. The number of nitrogens with zero attached hydrogens (tertiary/aromatic N) is 3. The molecule has 0 aliphatic carbocycles. The number of ether oxygens (including phenoxy) is 1. The summed E-state index contributed by atoms with van der Waals surface area (Å²) >= 11 is 1.65. The van der Waals surface area contributed by atoms with Crippen LogP contribution >= 0.6 is 11.3 Å². The summed E-state index contributed by atoms with van der Waals surface area (Å²) in [5, 5.41) is 3.11. The minimum absolute atomic E-state index is 0.231. The van der Waals surface area contributed by atoms with Crippen LogP contribution in [0.25, 0.3) is 11.5 Å². The van der Waals surface area contributed by atoms with Crippen LogP contribution in [0.15, 0.2) is 52.5 Å². The molecule has 29 heavy (non-hydrogen) atoms. The fraction of sp³-hybridized carbons (Fsp3) is 0.364. The molecule has 4 rings (SSSR count). The zero-order valence-corrected chi connectivity index (χ0v) is 17.4. The Morgan fingerprint density at radius 2 is 1.97 bits per heavy atom. The van der Waals surface area contributed by atoms with Gasteiger partial charge in [0, 0.05) is 38.0 Å². The molecule has 1 fully saturated rings. The Morgan fingerprint density at radius 3 is 2.66 bits per heavy atom. The minimum Gasteiger partial charge on any atom is -0.497 e. The lowest BCUT2D eigenvalue weighted by molar-refractivity contribution is -0.133. The van der Waals surface area contributed by atoms with Gasteiger partial charge in [-0.15, -0.1) is 11.3 Å². The second-order valence-corrected chi connectivity index (χ2v) is 8.05. The van der Waals surface area contributed by atoms with E-state index in [1.807, 2.05) is 46.7 Å². The topological polar surface area (TPSA) is 58.8 Å². The van der Waals surface area contributed by atoms with Crippen LogP contribution in [0.5, 0.6) is 5.75 Å². The molecule has 1 amide bonds. The van der Waals surface area contributed by atoms with Crippen molar-refractivity contribution in [1.82, 2.24) is 14.8 Å². The largest absolute Gasteiger partial charge is 0.497 e. The number of furan rings is 1. The number of thiazole rings is 1. The molecule has 0 bridgehead atoms. The smallest absolute Gasteiger partial charge is 0.222 e. The zero-order valence-electron chi connectivity index (χ0n) is 16.5. The third-order valence-corrected chi connectivity index (χ3v) is 6.03. The number of amides is 1. The number of carbonyl (C=O) groups excluding carboxylic acids is 1. The SMILES string of the molecule is COc1ccc(CCC(=O)N2CCN(Cc3nc(-c4ccco4)cs3)CC2)cc1. The minimum atomic E-state index is 0.231. The Labute approximate surface area is 174 Å². The van der Waals surface area contributed by atoms with Crippen molar-refractivity contribution in [2.24, 2.45) is 0 Å². The molecule has 0 saturated carbocycles. The number of aryl methyl sites for hydroxylation is 1. The molecular weight excluding hydrogens is 386 g/mol. The number of piperazine rings is 1. The number of carbonyl (C=O) groups is 1. The molecule has 3 heterocycles. The van der Waals surface area contributed by atoms with Gasteiger partial charge in [-0.2, -0.15) is 0 Å². The molecule has 0 radical (unpaired) electrons. The number of methoxy groups -OCH3 is 1. The first-order valence-electron chi connectivity index (χ1n) is 9.82. The van der Waals surface area contributed by atoms with Crippen molar-refractivity contribution in [3.05, 3.63) is 58.6 Å². The highest BCUT2D eigenvalue weighted by Crippen LogP contribution is 2.23. The highest BCUT2D eigenvalue weighted by Gasteiger charge is 2.21. The molecule has 1 aliphatic heterocycles. The van der Waals surface area contributed by atoms with Gasteiger partial charge in [0.15, 0.2) is 5.76 Å².